The van der Waals surface area contributed by atoms with Crippen molar-refractivity contribution < 1.29 is 0 Å². The van der Waals surface area contributed by atoms with Crippen LogP contribution in [0.15, 0.2) is 65.0 Å². The molecule has 0 saturated heterocycles. The van der Waals surface area contributed by atoms with Crippen LogP contribution in [0.4, 0.5) is 5.69 Å². The van der Waals surface area contributed by atoms with E-state index in [0.717, 1.165) is 89.6 Å². The molecule has 3 heterocycles. The zero-order chi connectivity index (χ0) is 29.6. The van der Waals surface area contributed by atoms with Crippen molar-refractivity contribution in [2.45, 2.75) is 76.7 Å². The van der Waals surface area contributed by atoms with Gasteiger partial charge in [0.15, 0.2) is 5.82 Å². The zero-order valence-corrected chi connectivity index (χ0v) is 25.2. The molecule has 43 heavy (non-hydrogen) atoms. The molecule has 1 spiro atoms. The fraction of sp³-hybridized carbons (Fsp3) is 0.455. The molecule has 10 heteroatoms. The molecule has 2 aliphatic rings. The predicted octanol–water partition coefficient (Wildman–Crippen LogP) is 7.66. The Hall–Kier alpha value is -4.43. The van der Waals surface area contributed by atoms with Crippen LogP contribution in [0.5, 0.6) is 0 Å². The maximum atomic E-state index is 8.32. The molecule has 0 radical (unpaired) electrons. The van der Waals surface area contributed by atoms with Gasteiger partial charge in [0.1, 0.15) is 11.4 Å². The van der Waals surface area contributed by atoms with Gasteiger partial charge in [0, 0.05) is 53.6 Å². The zero-order valence-electron chi connectivity index (χ0n) is 25.2. The molecule has 0 bridgehead atoms. The Bertz CT molecular complexity index is 1630. The second-order valence-electron chi connectivity index (χ2n) is 11.8. The standard InChI is InChI=1S/C33H40N10/c1-24-39-40-32-33(17-18-33)38-31(29-21-26(13-16-30(29)43(24)32)27-22-37-42(2)23-27)25-11-14-28(15-12-25)35-19-9-7-5-3-4-6-8-10-20-36-41-34/h11-16,21-23,35H,3-10,17-20H2,1-2H3. The number of aliphatic imine (C=N–C) groups is 1. The van der Waals surface area contributed by atoms with Crippen LogP contribution < -0.4 is 5.32 Å². The van der Waals surface area contributed by atoms with Crippen LogP contribution in [0.3, 0.4) is 0 Å². The summed E-state index contributed by atoms with van der Waals surface area (Å²) in [5.41, 5.74) is 15.6. The Balaban J connectivity index is 1.12. The Kier molecular flexibility index (Phi) is 8.56. The number of hydrogen-bond acceptors (Lipinski definition) is 6. The number of anilines is 1. The van der Waals surface area contributed by atoms with E-state index in [4.69, 9.17) is 10.5 Å². The van der Waals surface area contributed by atoms with E-state index in [2.05, 4.69) is 77.7 Å². The quantitative estimate of drug-likeness (QED) is 0.0716. The topological polar surface area (TPSA) is 122 Å². The Morgan fingerprint density at radius 2 is 1.63 bits per heavy atom. The van der Waals surface area contributed by atoms with Gasteiger partial charge in [0.25, 0.3) is 0 Å². The van der Waals surface area contributed by atoms with Crippen molar-refractivity contribution in [1.82, 2.24) is 24.5 Å². The molecule has 0 atom stereocenters. The van der Waals surface area contributed by atoms with E-state index < -0.39 is 0 Å². The fourth-order valence-electron chi connectivity index (χ4n) is 6.01. The average molecular weight is 577 g/mol. The SMILES string of the molecule is Cc1nnc2n1-c1ccc(-c3cnn(C)c3)cc1C(c1ccc(NCCCCCCCCCCN=[N+]=[N-])cc1)=NC21CC1. The van der Waals surface area contributed by atoms with Gasteiger partial charge in [-0.25, -0.2) is 0 Å². The minimum atomic E-state index is -0.313. The predicted molar refractivity (Wildman–Crippen MR) is 171 cm³/mol. The summed E-state index contributed by atoms with van der Waals surface area (Å²) in [5.74, 6) is 1.83. The number of azide groups is 1. The number of nitrogens with zero attached hydrogens (tertiary/aromatic N) is 9. The molecule has 2 aromatic carbocycles. The lowest BCUT2D eigenvalue weighted by atomic mass is 9.96. The van der Waals surface area contributed by atoms with Crippen LogP contribution in [-0.2, 0) is 12.6 Å². The first-order chi connectivity index (χ1) is 21.1. The summed E-state index contributed by atoms with van der Waals surface area (Å²) in [5, 5.41) is 20.7. The van der Waals surface area contributed by atoms with Gasteiger partial charge >= 0.3 is 0 Å². The van der Waals surface area contributed by atoms with E-state index in [0.29, 0.717) is 6.54 Å². The Morgan fingerprint density at radius 3 is 2.33 bits per heavy atom. The molecule has 0 amide bonds. The van der Waals surface area contributed by atoms with Crippen LogP contribution >= 0.6 is 0 Å². The van der Waals surface area contributed by atoms with Crippen molar-refractivity contribution in [3.05, 3.63) is 88.1 Å². The fourth-order valence-corrected chi connectivity index (χ4v) is 6.01. The lowest BCUT2D eigenvalue weighted by Crippen LogP contribution is -2.11. The van der Waals surface area contributed by atoms with Gasteiger partial charge in [-0.05, 0) is 68.0 Å². The summed E-state index contributed by atoms with van der Waals surface area (Å²) in [7, 11) is 1.94. The van der Waals surface area contributed by atoms with Gasteiger partial charge in [-0.3, -0.25) is 14.2 Å². The summed E-state index contributed by atoms with van der Waals surface area (Å²) >= 11 is 0. The van der Waals surface area contributed by atoms with Crippen molar-refractivity contribution in [1.29, 1.82) is 0 Å². The monoisotopic (exact) mass is 576 g/mol. The van der Waals surface area contributed by atoms with Crippen molar-refractivity contribution >= 4 is 11.4 Å². The van der Waals surface area contributed by atoms with Gasteiger partial charge in [0.05, 0.1) is 17.6 Å². The molecule has 1 aliphatic carbocycles. The third-order valence-electron chi connectivity index (χ3n) is 8.56. The van der Waals surface area contributed by atoms with Crippen LogP contribution in [0.25, 0.3) is 27.3 Å². The third kappa shape index (κ3) is 6.34. The molecule has 2 aromatic heterocycles. The van der Waals surface area contributed by atoms with Crippen molar-refractivity contribution in [3.8, 4) is 16.8 Å². The minimum Gasteiger partial charge on any atom is -0.385 e. The highest BCUT2D eigenvalue weighted by Gasteiger charge is 2.51. The summed E-state index contributed by atoms with van der Waals surface area (Å²) in [4.78, 5) is 8.23. The first-order valence-electron chi connectivity index (χ1n) is 15.6. The summed E-state index contributed by atoms with van der Waals surface area (Å²) in [6.07, 6.45) is 15.5. The number of hydrogen-bond donors (Lipinski definition) is 1. The van der Waals surface area contributed by atoms with Crippen LogP contribution in [0.2, 0.25) is 0 Å². The largest absolute Gasteiger partial charge is 0.385 e. The maximum Gasteiger partial charge on any atom is 0.165 e. The lowest BCUT2D eigenvalue weighted by molar-refractivity contribution is 0.574. The highest BCUT2D eigenvalue weighted by molar-refractivity contribution is 6.16. The van der Waals surface area contributed by atoms with Gasteiger partial charge < -0.3 is 5.32 Å². The first-order valence-corrected chi connectivity index (χ1v) is 15.6. The minimum absolute atomic E-state index is 0.313. The van der Waals surface area contributed by atoms with E-state index in [1.165, 1.54) is 32.1 Å². The van der Waals surface area contributed by atoms with E-state index in [1.807, 2.05) is 31.0 Å². The molecule has 1 fully saturated rings. The second kappa shape index (κ2) is 12.8. The van der Waals surface area contributed by atoms with Gasteiger partial charge in [0.2, 0.25) is 0 Å². The normalized spacial score (nSPS) is 14.4. The van der Waals surface area contributed by atoms with Crippen molar-refractivity contribution in [2.75, 3.05) is 18.4 Å². The maximum absolute atomic E-state index is 8.32. The Labute approximate surface area is 252 Å². The lowest BCUT2D eigenvalue weighted by Gasteiger charge is -2.14. The van der Waals surface area contributed by atoms with Crippen LogP contribution in [0, 0.1) is 6.92 Å². The number of nitrogens with one attached hydrogen (secondary N) is 1. The third-order valence-corrected chi connectivity index (χ3v) is 8.56. The smallest absolute Gasteiger partial charge is 0.165 e. The van der Waals surface area contributed by atoms with Crippen LogP contribution in [0.1, 0.15) is 87.0 Å². The molecule has 1 saturated carbocycles. The van der Waals surface area contributed by atoms with Gasteiger partial charge in [-0.2, -0.15) is 5.10 Å². The number of unbranched alkanes of at least 4 members (excludes halogenated alkanes) is 7. The van der Waals surface area contributed by atoms with Crippen LogP contribution in [-0.4, -0.2) is 43.3 Å². The molecule has 6 rings (SSSR count). The molecule has 10 nitrogen and oxygen atoms in total. The average Bonchev–Trinajstić information content (AvgIpc) is 3.54. The molecular formula is C33H40N10. The molecular weight excluding hydrogens is 536 g/mol. The van der Waals surface area contributed by atoms with E-state index >= 15 is 0 Å². The number of aryl methyl sites for hydroxylation is 2. The number of rotatable bonds is 14. The van der Waals surface area contributed by atoms with Gasteiger partial charge in [-0.1, -0.05) is 61.8 Å². The van der Waals surface area contributed by atoms with Crippen molar-refractivity contribution in [3.63, 3.8) is 0 Å². The molecule has 0 unspecified atom stereocenters. The number of fused-ring (bicyclic) bond motifs is 4. The molecule has 4 aromatic rings. The van der Waals surface area contributed by atoms with E-state index in [9.17, 15) is 0 Å². The van der Waals surface area contributed by atoms with E-state index in [-0.39, 0.29) is 5.54 Å². The first kappa shape index (κ1) is 28.7. The molecule has 1 aliphatic heterocycles. The summed E-state index contributed by atoms with van der Waals surface area (Å²) < 4.78 is 4.04. The number of benzene rings is 2. The Morgan fingerprint density at radius 1 is 0.907 bits per heavy atom. The molecule has 1 N–H and O–H groups in total. The van der Waals surface area contributed by atoms with Gasteiger partial charge in [-0.15, -0.1) is 10.2 Å². The number of aromatic nitrogens is 5. The highest BCUT2D eigenvalue weighted by Crippen LogP contribution is 2.51. The van der Waals surface area contributed by atoms with E-state index in [1.54, 1.807) is 0 Å². The summed E-state index contributed by atoms with van der Waals surface area (Å²) in [6.45, 7) is 3.62. The highest BCUT2D eigenvalue weighted by atomic mass is 15.3. The second-order valence-corrected chi connectivity index (χ2v) is 11.8. The van der Waals surface area contributed by atoms with Crippen molar-refractivity contribution in [2.24, 2.45) is 17.2 Å². The summed E-state index contributed by atoms with van der Waals surface area (Å²) in [6, 6.07) is 15.3. The molecule has 222 valence electrons.